The second-order valence-electron chi connectivity index (χ2n) is 7.38. The van der Waals surface area contributed by atoms with Gasteiger partial charge in [-0.05, 0) is 69.4 Å². The molecule has 0 aromatic heterocycles. The highest BCUT2D eigenvalue weighted by atomic mass is 28.4. The molecular weight excluding hydrogens is 310 g/mol. The van der Waals surface area contributed by atoms with Gasteiger partial charge < -0.3 is 14.0 Å². The Labute approximate surface area is 134 Å². The lowest BCUT2D eigenvalue weighted by Crippen LogP contribution is -2.51. The molecule has 0 fully saturated rings. The first-order valence-electron chi connectivity index (χ1n) is 7.76. The van der Waals surface area contributed by atoms with Crippen LogP contribution in [0.2, 0.25) is 39.3 Å². The molecule has 0 saturated heterocycles. The predicted molar refractivity (Wildman–Crippen MR) is 99.5 cm³/mol. The monoisotopic (exact) mass is 341 g/mol. The Balaban J connectivity index is 3.07. The first-order chi connectivity index (χ1) is 9.62. The molecule has 0 unspecified atom stereocenters. The summed E-state index contributed by atoms with van der Waals surface area (Å²) in [5.74, 6) is 0. The minimum atomic E-state index is -1.84. The number of aryl methyl sites for hydroxylation is 1. The van der Waals surface area contributed by atoms with E-state index in [0.717, 1.165) is 19.4 Å². The molecule has 0 aliphatic heterocycles. The first kappa shape index (κ1) is 18.8. The third kappa shape index (κ3) is 7.53. The molecule has 0 aliphatic rings. The summed E-state index contributed by atoms with van der Waals surface area (Å²) in [6.45, 7) is 14.2. The second-order valence-corrected chi connectivity index (χ2v) is 19.0. The van der Waals surface area contributed by atoms with Crippen LogP contribution < -0.4 is 10.9 Å². The van der Waals surface area contributed by atoms with Crippen molar-refractivity contribution in [3.8, 4) is 0 Å². The molecule has 6 heteroatoms. The molecule has 0 radical (unpaired) electrons. The van der Waals surface area contributed by atoms with Gasteiger partial charge in [0.05, 0.1) is 0 Å². The van der Waals surface area contributed by atoms with E-state index in [4.69, 9.17) is 14.0 Å². The summed E-state index contributed by atoms with van der Waals surface area (Å²) in [4.78, 5) is 0. The van der Waals surface area contributed by atoms with Crippen LogP contribution in [0.25, 0.3) is 0 Å². The van der Waals surface area contributed by atoms with Crippen LogP contribution in [-0.2, 0) is 14.7 Å². The van der Waals surface area contributed by atoms with Crippen LogP contribution in [0.5, 0.6) is 0 Å². The summed E-state index contributed by atoms with van der Waals surface area (Å²) in [7, 11) is -5.09. The van der Waals surface area contributed by atoms with Gasteiger partial charge in [0.15, 0.2) is 16.6 Å². The van der Waals surface area contributed by atoms with Gasteiger partial charge in [-0.1, -0.05) is 24.3 Å². The SMILES string of the molecule is C[Si](C)(C)O[SiH](O[Si](C)(C)C)c1ccccc1CCCN. The van der Waals surface area contributed by atoms with Gasteiger partial charge in [-0.15, -0.1) is 0 Å². The van der Waals surface area contributed by atoms with E-state index in [-0.39, 0.29) is 0 Å². The van der Waals surface area contributed by atoms with Crippen molar-refractivity contribution in [2.75, 3.05) is 6.54 Å². The second kappa shape index (κ2) is 7.85. The van der Waals surface area contributed by atoms with E-state index < -0.39 is 25.9 Å². The summed E-state index contributed by atoms with van der Waals surface area (Å²) < 4.78 is 13.0. The van der Waals surface area contributed by atoms with Gasteiger partial charge in [0, 0.05) is 0 Å². The van der Waals surface area contributed by atoms with Gasteiger partial charge in [-0.3, -0.25) is 0 Å². The van der Waals surface area contributed by atoms with E-state index in [1.54, 1.807) is 0 Å². The quantitative estimate of drug-likeness (QED) is 0.739. The maximum atomic E-state index is 6.48. The van der Waals surface area contributed by atoms with Crippen molar-refractivity contribution in [2.24, 2.45) is 5.73 Å². The standard InChI is InChI=1S/C15H31NO2Si3/c1-20(2,3)17-19(18-21(4,5)6)15-12-8-7-10-14(15)11-9-13-16/h7-8,10,12,19H,9,11,13,16H2,1-6H3. The smallest absolute Gasteiger partial charge is 0.335 e. The maximum absolute atomic E-state index is 6.48. The Hall–Kier alpha value is -0.249. The van der Waals surface area contributed by atoms with Crippen LogP contribution in [0.1, 0.15) is 12.0 Å². The molecule has 21 heavy (non-hydrogen) atoms. The molecule has 0 bridgehead atoms. The molecule has 1 rings (SSSR count). The highest BCUT2D eigenvalue weighted by Crippen LogP contribution is 2.14. The molecule has 0 atom stereocenters. The van der Waals surface area contributed by atoms with Gasteiger partial charge in [0.2, 0.25) is 0 Å². The van der Waals surface area contributed by atoms with E-state index in [9.17, 15) is 0 Å². The fraction of sp³-hybridized carbons (Fsp3) is 0.600. The Bertz CT molecular complexity index is 425. The maximum Gasteiger partial charge on any atom is 0.335 e. The topological polar surface area (TPSA) is 44.5 Å². The average Bonchev–Trinajstić information content (AvgIpc) is 2.32. The van der Waals surface area contributed by atoms with Gasteiger partial charge in [0.25, 0.3) is 0 Å². The molecule has 0 aliphatic carbocycles. The number of hydrogen-bond acceptors (Lipinski definition) is 3. The third-order valence-electron chi connectivity index (χ3n) is 2.88. The van der Waals surface area contributed by atoms with E-state index in [0.29, 0.717) is 0 Å². The van der Waals surface area contributed by atoms with Gasteiger partial charge >= 0.3 is 9.28 Å². The number of rotatable bonds is 8. The van der Waals surface area contributed by atoms with Crippen LogP contribution in [0.3, 0.4) is 0 Å². The van der Waals surface area contributed by atoms with Crippen molar-refractivity contribution >= 4 is 31.1 Å². The lowest BCUT2D eigenvalue weighted by molar-refractivity contribution is 0.435. The summed E-state index contributed by atoms with van der Waals surface area (Å²) in [5, 5.41) is 1.32. The highest BCUT2D eigenvalue weighted by Gasteiger charge is 2.31. The van der Waals surface area contributed by atoms with Crippen LogP contribution in [0, 0.1) is 0 Å². The normalized spacial score (nSPS) is 13.0. The Kier molecular flexibility index (Phi) is 7.02. The van der Waals surface area contributed by atoms with Crippen molar-refractivity contribution in [1.29, 1.82) is 0 Å². The van der Waals surface area contributed by atoms with Crippen molar-refractivity contribution in [3.05, 3.63) is 29.8 Å². The zero-order chi connectivity index (χ0) is 16.1. The minimum absolute atomic E-state index is 0.727. The Morgan fingerprint density at radius 1 is 0.952 bits per heavy atom. The van der Waals surface area contributed by atoms with Crippen LogP contribution in [0.4, 0.5) is 0 Å². The van der Waals surface area contributed by atoms with Gasteiger partial charge in [-0.25, -0.2) is 0 Å². The van der Waals surface area contributed by atoms with Crippen molar-refractivity contribution in [1.82, 2.24) is 0 Å². The highest BCUT2D eigenvalue weighted by molar-refractivity contribution is 6.85. The zero-order valence-corrected chi connectivity index (χ0v) is 17.6. The Morgan fingerprint density at radius 2 is 1.48 bits per heavy atom. The molecular formula is C15H31NO2Si3. The number of benzene rings is 1. The molecule has 1 aromatic rings. The predicted octanol–water partition coefficient (Wildman–Crippen LogP) is 2.71. The molecule has 0 amide bonds. The van der Waals surface area contributed by atoms with Crippen LogP contribution in [0.15, 0.2) is 24.3 Å². The van der Waals surface area contributed by atoms with Crippen LogP contribution in [-0.4, -0.2) is 32.5 Å². The Morgan fingerprint density at radius 3 is 1.95 bits per heavy atom. The van der Waals surface area contributed by atoms with E-state index in [1.807, 2.05) is 0 Å². The summed E-state index contributed by atoms with van der Waals surface area (Å²) >= 11 is 0. The molecule has 0 heterocycles. The molecule has 0 spiro atoms. The summed E-state index contributed by atoms with van der Waals surface area (Å²) in [5.41, 5.74) is 7.03. The molecule has 3 nitrogen and oxygen atoms in total. The molecule has 2 N–H and O–H groups in total. The zero-order valence-electron chi connectivity index (χ0n) is 14.4. The largest absolute Gasteiger partial charge is 0.436 e. The third-order valence-corrected chi connectivity index (χ3v) is 11.3. The van der Waals surface area contributed by atoms with Crippen molar-refractivity contribution in [2.45, 2.75) is 52.1 Å². The summed E-state index contributed by atoms with van der Waals surface area (Å²) in [6, 6.07) is 8.60. The van der Waals surface area contributed by atoms with Crippen molar-refractivity contribution in [3.63, 3.8) is 0 Å². The van der Waals surface area contributed by atoms with E-state index in [1.165, 1.54) is 10.8 Å². The van der Waals surface area contributed by atoms with E-state index >= 15 is 0 Å². The van der Waals surface area contributed by atoms with Crippen molar-refractivity contribution < 1.29 is 8.23 Å². The average molecular weight is 342 g/mol. The first-order valence-corrected chi connectivity index (χ1v) is 16.1. The summed E-state index contributed by atoms with van der Waals surface area (Å²) in [6.07, 6.45) is 2.03. The van der Waals surface area contributed by atoms with Crippen LogP contribution >= 0.6 is 0 Å². The lowest BCUT2D eigenvalue weighted by atomic mass is 10.1. The lowest BCUT2D eigenvalue weighted by Gasteiger charge is -2.31. The molecule has 120 valence electrons. The fourth-order valence-corrected chi connectivity index (χ4v) is 9.67. The molecule has 1 aromatic carbocycles. The van der Waals surface area contributed by atoms with Gasteiger partial charge in [-0.2, -0.15) is 0 Å². The fourth-order valence-electron chi connectivity index (χ4n) is 2.08. The molecule has 0 saturated carbocycles. The number of nitrogens with two attached hydrogens (primary N) is 1. The van der Waals surface area contributed by atoms with Gasteiger partial charge in [0.1, 0.15) is 0 Å². The number of hydrogen-bond donors (Lipinski definition) is 1. The van der Waals surface area contributed by atoms with E-state index in [2.05, 4.69) is 63.5 Å². The minimum Gasteiger partial charge on any atom is -0.436 e.